The van der Waals surface area contributed by atoms with Gasteiger partial charge in [0.05, 0.1) is 13.2 Å². The number of amides is 2. The van der Waals surface area contributed by atoms with Gasteiger partial charge in [0.2, 0.25) is 11.8 Å². The fourth-order valence-electron chi connectivity index (χ4n) is 2.37. The Labute approximate surface area is 153 Å². The molecule has 0 saturated heterocycles. The van der Waals surface area contributed by atoms with Crippen molar-refractivity contribution in [3.63, 3.8) is 0 Å². The Balaban J connectivity index is 1.52. The van der Waals surface area contributed by atoms with Crippen molar-refractivity contribution in [1.82, 2.24) is 0 Å². The van der Waals surface area contributed by atoms with Gasteiger partial charge in [0.25, 0.3) is 0 Å². The van der Waals surface area contributed by atoms with Crippen LogP contribution >= 0.6 is 0 Å². The summed E-state index contributed by atoms with van der Waals surface area (Å²) in [7, 11) is 0. The van der Waals surface area contributed by atoms with E-state index in [1.54, 1.807) is 48.5 Å². The van der Waals surface area contributed by atoms with Crippen molar-refractivity contribution in [3.8, 4) is 11.5 Å². The van der Waals surface area contributed by atoms with Crippen LogP contribution in [-0.4, -0.2) is 25.0 Å². The first-order valence-electron chi connectivity index (χ1n) is 8.61. The van der Waals surface area contributed by atoms with E-state index in [0.717, 1.165) is 37.2 Å². The Kier molecular flexibility index (Phi) is 7.49. The molecule has 6 heteroatoms. The van der Waals surface area contributed by atoms with E-state index in [1.165, 1.54) is 0 Å². The summed E-state index contributed by atoms with van der Waals surface area (Å²) < 4.78 is 11.3. The Morgan fingerprint density at radius 1 is 0.615 bits per heavy atom. The first-order valence-corrected chi connectivity index (χ1v) is 8.61. The number of benzene rings is 2. The second kappa shape index (κ2) is 10.1. The second-order valence-electron chi connectivity index (χ2n) is 5.89. The zero-order valence-electron chi connectivity index (χ0n) is 14.6. The van der Waals surface area contributed by atoms with E-state index >= 15 is 0 Å². The highest BCUT2D eigenvalue weighted by molar-refractivity contribution is 5.93. The molecule has 0 aliphatic rings. The van der Waals surface area contributed by atoms with Crippen LogP contribution in [0.3, 0.4) is 0 Å². The van der Waals surface area contributed by atoms with E-state index in [-0.39, 0.29) is 0 Å². The van der Waals surface area contributed by atoms with Gasteiger partial charge in [-0.15, -0.1) is 0 Å². The molecule has 0 unspecified atom stereocenters. The second-order valence-corrected chi connectivity index (χ2v) is 5.89. The van der Waals surface area contributed by atoms with Crippen molar-refractivity contribution in [2.24, 2.45) is 11.5 Å². The molecule has 0 heterocycles. The lowest BCUT2D eigenvalue weighted by Crippen LogP contribution is -2.10. The van der Waals surface area contributed by atoms with Gasteiger partial charge in [0, 0.05) is 11.1 Å². The molecule has 0 radical (unpaired) electrons. The number of hydrogen-bond acceptors (Lipinski definition) is 4. The van der Waals surface area contributed by atoms with Gasteiger partial charge in [-0.25, -0.2) is 0 Å². The van der Waals surface area contributed by atoms with Crippen molar-refractivity contribution >= 4 is 11.8 Å². The number of carbonyl (C=O) groups is 2. The molecule has 0 aliphatic heterocycles. The Hall–Kier alpha value is -3.02. The number of ether oxygens (including phenoxy) is 2. The van der Waals surface area contributed by atoms with Crippen LogP contribution in [0, 0.1) is 0 Å². The molecule has 2 aromatic rings. The molecule has 0 aromatic heterocycles. The van der Waals surface area contributed by atoms with Gasteiger partial charge in [-0.2, -0.15) is 0 Å². The Bertz CT molecular complexity index is 648. The highest BCUT2D eigenvalue weighted by Gasteiger charge is 2.01. The Morgan fingerprint density at radius 3 is 1.27 bits per heavy atom. The number of rotatable bonds is 11. The number of unbranched alkanes of at least 4 members (excludes halogenated alkanes) is 3. The van der Waals surface area contributed by atoms with E-state index in [0.29, 0.717) is 24.3 Å². The molecule has 26 heavy (non-hydrogen) atoms. The zero-order chi connectivity index (χ0) is 18.8. The van der Waals surface area contributed by atoms with Crippen LogP contribution in [0.1, 0.15) is 46.4 Å². The highest BCUT2D eigenvalue weighted by Crippen LogP contribution is 2.14. The highest BCUT2D eigenvalue weighted by atomic mass is 16.5. The molecule has 2 amide bonds. The third-order valence-electron chi connectivity index (χ3n) is 3.85. The summed E-state index contributed by atoms with van der Waals surface area (Å²) in [5, 5.41) is 0. The molecule has 4 N–H and O–H groups in total. The lowest BCUT2D eigenvalue weighted by Gasteiger charge is -2.08. The maximum absolute atomic E-state index is 11.0. The predicted octanol–water partition coefficient (Wildman–Crippen LogP) is 2.90. The number of nitrogens with two attached hydrogens (primary N) is 2. The van der Waals surface area contributed by atoms with Gasteiger partial charge in [-0.1, -0.05) is 0 Å². The van der Waals surface area contributed by atoms with Gasteiger partial charge < -0.3 is 20.9 Å². The summed E-state index contributed by atoms with van der Waals surface area (Å²) >= 11 is 0. The van der Waals surface area contributed by atoms with Crippen molar-refractivity contribution in [2.75, 3.05) is 13.2 Å². The molecule has 0 aliphatic carbocycles. The standard InChI is InChI=1S/C20H24N2O4/c21-19(23)15-5-9-17(10-6-15)25-13-3-1-2-4-14-26-18-11-7-16(8-12-18)20(22)24/h5-12H,1-4,13-14H2,(H2,21,23)(H2,22,24). The van der Waals surface area contributed by atoms with Crippen molar-refractivity contribution in [1.29, 1.82) is 0 Å². The topological polar surface area (TPSA) is 105 Å². The minimum absolute atomic E-state index is 0.442. The third-order valence-corrected chi connectivity index (χ3v) is 3.85. The van der Waals surface area contributed by atoms with Crippen LogP contribution in [-0.2, 0) is 0 Å². The average molecular weight is 356 g/mol. The molecule has 0 fully saturated rings. The summed E-state index contributed by atoms with van der Waals surface area (Å²) in [6.07, 6.45) is 3.99. The summed E-state index contributed by atoms with van der Waals surface area (Å²) in [6.45, 7) is 1.26. The fourth-order valence-corrected chi connectivity index (χ4v) is 2.37. The fraction of sp³-hybridized carbons (Fsp3) is 0.300. The number of primary amides is 2. The quantitative estimate of drug-likeness (QED) is 0.604. The van der Waals surface area contributed by atoms with Crippen molar-refractivity contribution < 1.29 is 19.1 Å². The number of carbonyl (C=O) groups excluding carboxylic acids is 2. The van der Waals surface area contributed by atoms with Crippen LogP contribution in [0.4, 0.5) is 0 Å². The van der Waals surface area contributed by atoms with Gasteiger partial charge in [0.15, 0.2) is 0 Å². The van der Waals surface area contributed by atoms with Crippen LogP contribution in [0.25, 0.3) is 0 Å². The van der Waals surface area contributed by atoms with Gasteiger partial charge >= 0.3 is 0 Å². The normalized spacial score (nSPS) is 10.3. The smallest absolute Gasteiger partial charge is 0.248 e. The maximum atomic E-state index is 11.0. The summed E-state index contributed by atoms with van der Waals surface area (Å²) in [4.78, 5) is 22.0. The van der Waals surface area contributed by atoms with Gasteiger partial charge in [0.1, 0.15) is 11.5 Å². The van der Waals surface area contributed by atoms with Crippen LogP contribution in [0.2, 0.25) is 0 Å². The van der Waals surface area contributed by atoms with Gasteiger partial charge in [-0.05, 0) is 74.2 Å². The molecule has 0 atom stereocenters. The van der Waals surface area contributed by atoms with Crippen molar-refractivity contribution in [3.05, 3.63) is 59.7 Å². The summed E-state index contributed by atoms with van der Waals surface area (Å²) in [5.74, 6) is 0.584. The van der Waals surface area contributed by atoms with E-state index in [4.69, 9.17) is 20.9 Å². The molecule has 6 nitrogen and oxygen atoms in total. The lowest BCUT2D eigenvalue weighted by molar-refractivity contribution is 0.0991. The van der Waals surface area contributed by atoms with Crippen LogP contribution in [0.5, 0.6) is 11.5 Å². The predicted molar refractivity (Wildman–Crippen MR) is 99.4 cm³/mol. The van der Waals surface area contributed by atoms with E-state index < -0.39 is 11.8 Å². The molecule has 2 aromatic carbocycles. The van der Waals surface area contributed by atoms with Gasteiger partial charge in [-0.3, -0.25) is 9.59 Å². The first-order chi connectivity index (χ1) is 12.6. The molecule has 2 rings (SSSR count). The van der Waals surface area contributed by atoms with Crippen LogP contribution in [0.15, 0.2) is 48.5 Å². The number of hydrogen-bond donors (Lipinski definition) is 2. The van der Waals surface area contributed by atoms with Crippen molar-refractivity contribution in [2.45, 2.75) is 25.7 Å². The maximum Gasteiger partial charge on any atom is 0.248 e. The molecule has 0 bridgehead atoms. The summed E-state index contributed by atoms with van der Waals surface area (Å²) in [5.41, 5.74) is 11.3. The summed E-state index contributed by atoms with van der Waals surface area (Å²) in [6, 6.07) is 13.6. The van der Waals surface area contributed by atoms with E-state index in [1.807, 2.05) is 0 Å². The monoisotopic (exact) mass is 356 g/mol. The largest absolute Gasteiger partial charge is 0.494 e. The zero-order valence-corrected chi connectivity index (χ0v) is 14.6. The minimum Gasteiger partial charge on any atom is -0.494 e. The molecule has 0 spiro atoms. The van der Waals surface area contributed by atoms with E-state index in [2.05, 4.69) is 0 Å². The molecule has 138 valence electrons. The minimum atomic E-state index is -0.442. The first kappa shape index (κ1) is 19.3. The van der Waals surface area contributed by atoms with E-state index in [9.17, 15) is 9.59 Å². The molecular formula is C20H24N2O4. The SMILES string of the molecule is NC(=O)c1ccc(OCCCCCCOc2ccc(C(N)=O)cc2)cc1. The van der Waals surface area contributed by atoms with Crippen LogP contribution < -0.4 is 20.9 Å². The Morgan fingerprint density at radius 2 is 0.962 bits per heavy atom. The average Bonchev–Trinajstić information content (AvgIpc) is 2.64. The molecular weight excluding hydrogens is 332 g/mol. The lowest BCUT2D eigenvalue weighted by atomic mass is 10.2. The molecule has 0 saturated carbocycles. The third kappa shape index (κ3) is 6.47.